The molecule has 0 spiro atoms. The van der Waals surface area contributed by atoms with Crippen molar-refractivity contribution in [2.75, 3.05) is 20.7 Å². The lowest BCUT2D eigenvalue weighted by molar-refractivity contribution is -0.124. The second kappa shape index (κ2) is 9.61. The molecule has 0 unspecified atom stereocenters. The number of hydrogen-bond acceptors (Lipinski definition) is 4. The van der Waals surface area contributed by atoms with E-state index < -0.39 is 0 Å². The molecule has 0 aliphatic rings. The number of rotatable bonds is 8. The molecular formula is C21H26N2O3. The van der Waals surface area contributed by atoms with Gasteiger partial charge in [0.05, 0.1) is 13.2 Å². The molecule has 0 atom stereocenters. The molecule has 0 fully saturated rings. The molecule has 0 N–H and O–H groups in total. The van der Waals surface area contributed by atoms with E-state index in [1.54, 1.807) is 37.4 Å². The minimum absolute atomic E-state index is 0.0533. The van der Waals surface area contributed by atoms with Crippen molar-refractivity contribution in [3.8, 4) is 11.5 Å². The quantitative estimate of drug-likeness (QED) is 0.680. The van der Waals surface area contributed by atoms with E-state index in [0.717, 1.165) is 17.7 Å². The van der Waals surface area contributed by atoms with Crippen molar-refractivity contribution in [3.63, 3.8) is 0 Å². The normalized spacial score (nSPS) is 11.0. The van der Waals surface area contributed by atoms with Crippen LogP contribution in [-0.2, 0) is 11.2 Å². The van der Waals surface area contributed by atoms with E-state index in [9.17, 15) is 4.79 Å². The lowest BCUT2D eigenvalue weighted by Crippen LogP contribution is -2.27. The van der Waals surface area contributed by atoms with Gasteiger partial charge in [-0.1, -0.05) is 12.1 Å². The number of pyridine rings is 1. The average Bonchev–Trinajstić information content (AvgIpc) is 2.65. The van der Waals surface area contributed by atoms with Gasteiger partial charge in [-0.3, -0.25) is 9.78 Å². The van der Waals surface area contributed by atoms with Crippen LogP contribution in [-0.4, -0.2) is 42.6 Å². The van der Waals surface area contributed by atoms with Crippen molar-refractivity contribution in [2.24, 2.45) is 0 Å². The zero-order valence-electron chi connectivity index (χ0n) is 15.8. The Bertz CT molecular complexity index is 742. The highest BCUT2D eigenvalue weighted by molar-refractivity contribution is 5.91. The van der Waals surface area contributed by atoms with Gasteiger partial charge in [-0.25, -0.2) is 0 Å². The standard InChI is InChI=1S/C21H26N2O3/c1-16(2)26-19-10-8-17(15-20(19)25-4)9-11-21(24)23(3)14-12-18-7-5-6-13-22-18/h5-11,13,15-16H,12,14H2,1-4H3. The molecule has 1 aromatic carbocycles. The van der Waals surface area contributed by atoms with Gasteiger partial charge in [0.2, 0.25) is 5.91 Å². The first-order valence-corrected chi connectivity index (χ1v) is 8.67. The fourth-order valence-corrected chi connectivity index (χ4v) is 2.37. The van der Waals surface area contributed by atoms with Crippen LogP contribution in [0.15, 0.2) is 48.7 Å². The van der Waals surface area contributed by atoms with Gasteiger partial charge in [0.1, 0.15) is 0 Å². The van der Waals surface area contributed by atoms with E-state index in [2.05, 4.69) is 4.98 Å². The maximum Gasteiger partial charge on any atom is 0.246 e. The van der Waals surface area contributed by atoms with E-state index in [1.807, 2.05) is 50.2 Å². The lowest BCUT2D eigenvalue weighted by Gasteiger charge is -2.15. The Morgan fingerprint density at radius 1 is 1.23 bits per heavy atom. The molecule has 0 aliphatic carbocycles. The summed E-state index contributed by atoms with van der Waals surface area (Å²) in [4.78, 5) is 18.2. The fraction of sp³-hybridized carbons (Fsp3) is 0.333. The summed E-state index contributed by atoms with van der Waals surface area (Å²) in [6.45, 7) is 4.55. The molecule has 0 aliphatic heterocycles. The molecule has 0 bridgehead atoms. The molecule has 5 heteroatoms. The van der Waals surface area contributed by atoms with Crippen LogP contribution in [0.1, 0.15) is 25.1 Å². The summed E-state index contributed by atoms with van der Waals surface area (Å²) in [5, 5.41) is 0. The molecule has 0 saturated carbocycles. The number of aromatic nitrogens is 1. The maximum absolute atomic E-state index is 12.3. The summed E-state index contributed by atoms with van der Waals surface area (Å²) in [7, 11) is 3.39. The molecule has 0 radical (unpaired) electrons. The molecule has 5 nitrogen and oxygen atoms in total. The zero-order valence-corrected chi connectivity index (χ0v) is 15.8. The van der Waals surface area contributed by atoms with Crippen LogP contribution in [0.3, 0.4) is 0 Å². The first kappa shape index (κ1) is 19.5. The summed E-state index contributed by atoms with van der Waals surface area (Å²) >= 11 is 0. The van der Waals surface area contributed by atoms with Crippen LogP contribution in [0.2, 0.25) is 0 Å². The van der Waals surface area contributed by atoms with Crippen molar-refractivity contribution in [1.29, 1.82) is 0 Å². The Balaban J connectivity index is 1.96. The van der Waals surface area contributed by atoms with Crippen molar-refractivity contribution in [2.45, 2.75) is 26.4 Å². The summed E-state index contributed by atoms with van der Waals surface area (Å²) < 4.78 is 11.1. The summed E-state index contributed by atoms with van der Waals surface area (Å²) in [6, 6.07) is 11.4. The predicted molar refractivity (Wildman–Crippen MR) is 103 cm³/mol. The third-order valence-corrected chi connectivity index (χ3v) is 3.77. The first-order valence-electron chi connectivity index (χ1n) is 8.67. The Morgan fingerprint density at radius 2 is 2.04 bits per heavy atom. The highest BCUT2D eigenvalue weighted by atomic mass is 16.5. The van der Waals surface area contributed by atoms with Gasteiger partial charge in [0.15, 0.2) is 11.5 Å². The van der Waals surface area contributed by atoms with Gasteiger partial charge in [-0.15, -0.1) is 0 Å². The second-order valence-electron chi connectivity index (χ2n) is 6.24. The monoisotopic (exact) mass is 354 g/mol. The van der Waals surface area contributed by atoms with E-state index in [1.165, 1.54) is 0 Å². The largest absolute Gasteiger partial charge is 0.493 e. The third-order valence-electron chi connectivity index (χ3n) is 3.77. The molecule has 2 rings (SSSR count). The van der Waals surface area contributed by atoms with Crippen molar-refractivity contribution in [3.05, 3.63) is 59.9 Å². The minimum atomic E-state index is -0.0533. The molecular weight excluding hydrogens is 328 g/mol. The van der Waals surface area contributed by atoms with Crippen LogP contribution in [0.5, 0.6) is 11.5 Å². The minimum Gasteiger partial charge on any atom is -0.493 e. The van der Waals surface area contributed by atoms with Crippen molar-refractivity contribution < 1.29 is 14.3 Å². The predicted octanol–water partition coefficient (Wildman–Crippen LogP) is 3.59. The highest BCUT2D eigenvalue weighted by Crippen LogP contribution is 2.29. The first-order chi connectivity index (χ1) is 12.5. The number of nitrogens with zero attached hydrogens (tertiary/aromatic N) is 2. The number of methoxy groups -OCH3 is 1. The maximum atomic E-state index is 12.3. The zero-order chi connectivity index (χ0) is 18.9. The van der Waals surface area contributed by atoms with Gasteiger partial charge in [-0.05, 0) is 49.8 Å². The Kier molecular flexibility index (Phi) is 7.21. The van der Waals surface area contributed by atoms with Crippen LogP contribution >= 0.6 is 0 Å². The lowest BCUT2D eigenvalue weighted by atomic mass is 10.2. The number of carbonyl (C=O) groups excluding carboxylic acids is 1. The molecule has 1 amide bonds. The highest BCUT2D eigenvalue weighted by Gasteiger charge is 2.08. The molecule has 1 heterocycles. The van der Waals surface area contributed by atoms with E-state index in [4.69, 9.17) is 9.47 Å². The number of likely N-dealkylation sites (N-methyl/N-ethyl adjacent to an activating group) is 1. The smallest absolute Gasteiger partial charge is 0.246 e. The molecule has 138 valence electrons. The van der Waals surface area contributed by atoms with Gasteiger partial charge in [0.25, 0.3) is 0 Å². The van der Waals surface area contributed by atoms with Gasteiger partial charge < -0.3 is 14.4 Å². The number of amides is 1. The van der Waals surface area contributed by atoms with Crippen molar-refractivity contribution >= 4 is 12.0 Å². The average molecular weight is 354 g/mol. The number of benzene rings is 1. The molecule has 0 saturated heterocycles. The van der Waals surface area contributed by atoms with Gasteiger partial charge in [-0.2, -0.15) is 0 Å². The Morgan fingerprint density at radius 3 is 2.69 bits per heavy atom. The number of ether oxygens (including phenoxy) is 2. The van der Waals surface area contributed by atoms with Crippen LogP contribution in [0.4, 0.5) is 0 Å². The Hall–Kier alpha value is -2.82. The van der Waals surface area contributed by atoms with Crippen LogP contribution < -0.4 is 9.47 Å². The second-order valence-corrected chi connectivity index (χ2v) is 6.24. The third kappa shape index (κ3) is 5.92. The summed E-state index contributed by atoms with van der Waals surface area (Å²) in [5.41, 5.74) is 1.85. The van der Waals surface area contributed by atoms with Crippen LogP contribution in [0.25, 0.3) is 6.08 Å². The topological polar surface area (TPSA) is 51.7 Å². The van der Waals surface area contributed by atoms with E-state index >= 15 is 0 Å². The van der Waals surface area contributed by atoms with Gasteiger partial charge >= 0.3 is 0 Å². The van der Waals surface area contributed by atoms with Crippen molar-refractivity contribution in [1.82, 2.24) is 9.88 Å². The molecule has 2 aromatic rings. The summed E-state index contributed by atoms with van der Waals surface area (Å²) in [6.07, 6.45) is 5.90. The SMILES string of the molecule is COc1cc(C=CC(=O)N(C)CCc2ccccn2)ccc1OC(C)C. The van der Waals surface area contributed by atoms with E-state index in [-0.39, 0.29) is 12.0 Å². The van der Waals surface area contributed by atoms with Gasteiger partial charge in [0, 0.05) is 38.0 Å². The van der Waals surface area contributed by atoms with Crippen LogP contribution in [0, 0.1) is 0 Å². The molecule has 26 heavy (non-hydrogen) atoms. The molecule has 1 aromatic heterocycles. The number of hydrogen-bond donors (Lipinski definition) is 0. The Labute approximate surface area is 155 Å². The van der Waals surface area contributed by atoms with E-state index in [0.29, 0.717) is 18.0 Å². The number of carbonyl (C=O) groups is 1. The fourth-order valence-electron chi connectivity index (χ4n) is 2.37. The summed E-state index contributed by atoms with van der Waals surface area (Å²) in [5.74, 6) is 1.29.